The zero-order chi connectivity index (χ0) is 27.6. The zero-order valence-electron chi connectivity index (χ0n) is 23.2. The molecule has 2 aromatic heterocycles. The second kappa shape index (κ2) is 11.8. The lowest BCUT2D eigenvalue weighted by atomic mass is 10.0. The molecule has 11 heteroatoms. The number of rotatable bonds is 7. The van der Waals surface area contributed by atoms with Crippen LogP contribution in [0.4, 0.5) is 29.0 Å². The molecule has 0 spiro atoms. The van der Waals surface area contributed by atoms with E-state index in [4.69, 9.17) is 16.6 Å². The van der Waals surface area contributed by atoms with Crippen LogP contribution in [0.1, 0.15) is 18.4 Å². The van der Waals surface area contributed by atoms with E-state index in [1.165, 1.54) is 25.9 Å². The molecule has 2 aliphatic rings. The highest BCUT2D eigenvalue weighted by Gasteiger charge is 2.27. The molecular formula is C28H38ClN8OP. The molecule has 3 aromatic rings. The number of hydrogen-bond donors (Lipinski definition) is 2. The van der Waals surface area contributed by atoms with Crippen molar-refractivity contribution in [2.45, 2.75) is 25.8 Å². The van der Waals surface area contributed by atoms with Gasteiger partial charge in [0, 0.05) is 50.6 Å². The summed E-state index contributed by atoms with van der Waals surface area (Å²) < 4.78 is 12.8. The molecule has 5 rings (SSSR count). The van der Waals surface area contributed by atoms with Gasteiger partial charge in [-0.3, -0.25) is 4.90 Å². The Morgan fingerprint density at radius 1 is 0.974 bits per heavy atom. The highest BCUT2D eigenvalue weighted by molar-refractivity contribution is 7.70. The molecule has 2 saturated heterocycles. The lowest BCUT2D eigenvalue weighted by molar-refractivity contribution is 0.0981. The molecule has 9 nitrogen and oxygen atoms in total. The normalized spacial score (nSPS) is 17.8. The van der Waals surface area contributed by atoms with Crippen molar-refractivity contribution >= 4 is 53.0 Å². The van der Waals surface area contributed by atoms with Crippen molar-refractivity contribution in [3.8, 4) is 0 Å². The van der Waals surface area contributed by atoms with E-state index in [2.05, 4.69) is 55.3 Å². The van der Waals surface area contributed by atoms with Crippen LogP contribution in [0.2, 0.25) is 5.02 Å². The minimum Gasteiger partial charge on any atom is -0.356 e. The smallest absolute Gasteiger partial charge is 0.229 e. The molecule has 4 heterocycles. The van der Waals surface area contributed by atoms with Gasteiger partial charge in [0.25, 0.3) is 0 Å². The van der Waals surface area contributed by atoms with E-state index in [1.807, 2.05) is 30.5 Å². The summed E-state index contributed by atoms with van der Waals surface area (Å²) in [5, 5.41) is 7.63. The Morgan fingerprint density at radius 3 is 2.38 bits per heavy atom. The van der Waals surface area contributed by atoms with Gasteiger partial charge in [0.2, 0.25) is 5.95 Å². The largest absolute Gasteiger partial charge is 0.356 e. The first kappa shape index (κ1) is 27.8. The Labute approximate surface area is 236 Å². The van der Waals surface area contributed by atoms with Gasteiger partial charge in [0.05, 0.1) is 23.8 Å². The van der Waals surface area contributed by atoms with Crippen LogP contribution < -0.4 is 20.8 Å². The van der Waals surface area contributed by atoms with E-state index < -0.39 is 7.14 Å². The van der Waals surface area contributed by atoms with E-state index >= 15 is 0 Å². The quantitative estimate of drug-likeness (QED) is 0.391. The number of anilines is 5. The van der Waals surface area contributed by atoms with Crippen LogP contribution in [0.5, 0.6) is 0 Å². The summed E-state index contributed by atoms with van der Waals surface area (Å²) in [6, 6.07) is 10.3. The third-order valence-corrected chi connectivity index (χ3v) is 9.43. The van der Waals surface area contributed by atoms with E-state index in [0.717, 1.165) is 54.2 Å². The van der Waals surface area contributed by atoms with E-state index in [9.17, 15) is 4.57 Å². The van der Waals surface area contributed by atoms with Crippen molar-refractivity contribution in [1.82, 2.24) is 24.8 Å². The van der Waals surface area contributed by atoms with Gasteiger partial charge in [-0.25, -0.2) is 9.97 Å². The van der Waals surface area contributed by atoms with E-state index in [-0.39, 0.29) is 0 Å². The Morgan fingerprint density at radius 2 is 1.69 bits per heavy atom. The number of pyridine rings is 1. The van der Waals surface area contributed by atoms with Crippen LogP contribution in [0, 0.1) is 6.92 Å². The van der Waals surface area contributed by atoms with E-state index in [1.54, 1.807) is 19.5 Å². The molecule has 208 valence electrons. The third-order valence-electron chi connectivity index (χ3n) is 7.61. The molecule has 0 amide bonds. The minimum absolute atomic E-state index is 0.377. The summed E-state index contributed by atoms with van der Waals surface area (Å²) in [4.78, 5) is 21.2. The molecule has 1 aromatic carbocycles. The zero-order valence-corrected chi connectivity index (χ0v) is 24.8. The number of likely N-dealkylation sites (N-methyl/N-ethyl adjacent to an activating group) is 1. The van der Waals surface area contributed by atoms with Crippen LogP contribution in [0.25, 0.3) is 0 Å². The molecule has 2 N–H and O–H groups in total. The van der Waals surface area contributed by atoms with Crippen molar-refractivity contribution in [2.24, 2.45) is 0 Å². The van der Waals surface area contributed by atoms with Crippen LogP contribution in [0.3, 0.4) is 0 Å². The third kappa shape index (κ3) is 6.72. The highest BCUT2D eigenvalue weighted by atomic mass is 35.5. The molecule has 0 atom stereocenters. The van der Waals surface area contributed by atoms with Crippen molar-refractivity contribution < 1.29 is 4.57 Å². The van der Waals surface area contributed by atoms with Crippen LogP contribution >= 0.6 is 18.7 Å². The first-order valence-electron chi connectivity index (χ1n) is 13.5. The van der Waals surface area contributed by atoms with Crippen LogP contribution in [-0.4, -0.2) is 90.4 Å². The first-order valence-corrected chi connectivity index (χ1v) is 16.5. The second-order valence-corrected chi connectivity index (χ2v) is 14.5. The van der Waals surface area contributed by atoms with Crippen molar-refractivity contribution in [3.63, 3.8) is 0 Å². The summed E-state index contributed by atoms with van der Waals surface area (Å²) in [7, 11) is -0.283. The van der Waals surface area contributed by atoms with Gasteiger partial charge in [-0.05, 0) is 63.9 Å². The number of aromatic nitrogens is 3. The molecule has 0 unspecified atom stereocenters. The van der Waals surface area contributed by atoms with E-state index in [0.29, 0.717) is 22.8 Å². The number of para-hydroxylation sites is 1. The minimum atomic E-state index is -2.49. The topological polar surface area (TPSA) is 89.5 Å². The number of nitrogens with one attached hydrogen (secondary N) is 2. The maximum Gasteiger partial charge on any atom is 0.229 e. The maximum absolute atomic E-state index is 12.8. The fourth-order valence-electron chi connectivity index (χ4n) is 5.42. The predicted molar refractivity (Wildman–Crippen MR) is 162 cm³/mol. The summed E-state index contributed by atoms with van der Waals surface area (Å²) in [6.45, 7) is 12.3. The summed E-state index contributed by atoms with van der Waals surface area (Å²) in [5.74, 6) is 1.88. The standard InChI is InChI=1S/C28H38ClN8OP/c1-20-17-21(18-30-27(20)37-11-9-22(10-12-37)36-15-13-35(2)14-16-36)32-28-31-19-23(29)26(34-28)33-24-7-5-6-8-25(24)39(3,4)38/h5-8,17-19,22H,9-16H2,1-4H3,(H2,31,32,33,34). The van der Waals surface area contributed by atoms with Gasteiger partial charge in [-0.2, -0.15) is 4.98 Å². The Hall–Kier alpha value is -2.71. The summed E-state index contributed by atoms with van der Waals surface area (Å²) in [6.07, 6.45) is 5.74. The lowest BCUT2D eigenvalue weighted by Gasteiger charge is -2.42. The number of piperidine rings is 1. The Balaban J connectivity index is 1.24. The number of nitrogens with zero attached hydrogens (tertiary/aromatic N) is 6. The SMILES string of the molecule is Cc1cc(Nc2ncc(Cl)c(Nc3ccccc3P(C)(C)=O)n2)cnc1N1CCC(N2CCN(C)CC2)CC1. The summed E-state index contributed by atoms with van der Waals surface area (Å²) >= 11 is 6.41. The number of aryl methyl sites for hydroxylation is 1. The number of halogens is 1. The molecule has 2 aliphatic heterocycles. The molecule has 0 aliphatic carbocycles. The maximum atomic E-state index is 12.8. The average molecular weight is 569 g/mol. The molecule has 39 heavy (non-hydrogen) atoms. The highest BCUT2D eigenvalue weighted by Crippen LogP contribution is 2.38. The fourth-order valence-corrected chi connectivity index (χ4v) is 6.71. The number of piperazine rings is 1. The van der Waals surface area contributed by atoms with Gasteiger partial charge in [-0.1, -0.05) is 23.7 Å². The van der Waals surface area contributed by atoms with Crippen molar-refractivity contribution in [3.05, 3.63) is 53.3 Å². The molecule has 0 saturated carbocycles. The Kier molecular flexibility index (Phi) is 8.43. The predicted octanol–water partition coefficient (Wildman–Crippen LogP) is 4.78. The van der Waals surface area contributed by atoms with Gasteiger partial charge >= 0.3 is 0 Å². The monoisotopic (exact) mass is 568 g/mol. The molecule has 0 radical (unpaired) electrons. The summed E-state index contributed by atoms with van der Waals surface area (Å²) in [5.41, 5.74) is 2.64. The number of benzene rings is 1. The van der Waals surface area contributed by atoms with Crippen molar-refractivity contribution in [1.29, 1.82) is 0 Å². The van der Waals surface area contributed by atoms with Gasteiger partial charge in [-0.15, -0.1) is 0 Å². The fraction of sp³-hybridized carbons (Fsp3) is 0.464. The number of hydrogen-bond acceptors (Lipinski definition) is 9. The molecule has 2 fully saturated rings. The molecular weight excluding hydrogens is 531 g/mol. The van der Waals surface area contributed by atoms with Crippen molar-refractivity contribution in [2.75, 3.05) is 75.2 Å². The second-order valence-electron chi connectivity index (χ2n) is 10.9. The van der Waals surface area contributed by atoms with Gasteiger partial charge in [0.15, 0.2) is 5.82 Å². The van der Waals surface area contributed by atoms with Crippen LogP contribution in [-0.2, 0) is 4.57 Å². The van der Waals surface area contributed by atoms with Crippen LogP contribution in [0.15, 0.2) is 42.7 Å². The average Bonchev–Trinajstić information content (AvgIpc) is 2.91. The van der Waals surface area contributed by atoms with Gasteiger partial charge < -0.3 is 25.0 Å². The lowest BCUT2D eigenvalue weighted by Crippen LogP contribution is -2.52. The Bertz CT molecular complexity index is 1350. The first-order chi connectivity index (χ1) is 18.7. The molecule has 0 bridgehead atoms. The van der Waals surface area contributed by atoms with Gasteiger partial charge in [0.1, 0.15) is 18.0 Å².